The van der Waals surface area contributed by atoms with Gasteiger partial charge >= 0.3 is 6.09 Å². The van der Waals surface area contributed by atoms with Crippen LogP contribution in [0.5, 0.6) is 0 Å². The lowest BCUT2D eigenvalue weighted by atomic mass is 9.47. The van der Waals surface area contributed by atoms with E-state index in [9.17, 15) is 9.59 Å². The van der Waals surface area contributed by atoms with Gasteiger partial charge in [-0.1, -0.05) is 32.4 Å². The lowest BCUT2D eigenvalue weighted by Gasteiger charge is -2.58. The molecule has 4 aliphatic carbocycles. The molecule has 0 N–H and O–H groups in total. The topological polar surface area (TPSA) is 49.9 Å². The van der Waals surface area contributed by atoms with Crippen molar-refractivity contribution in [3.8, 4) is 0 Å². The van der Waals surface area contributed by atoms with Crippen LogP contribution in [0.4, 0.5) is 4.79 Å². The average molecular weight is 473 g/mol. The third-order valence-corrected chi connectivity index (χ3v) is 10.8. The fourth-order valence-electron chi connectivity index (χ4n) is 8.73. The van der Waals surface area contributed by atoms with E-state index in [-0.39, 0.29) is 23.5 Å². The highest BCUT2D eigenvalue weighted by molar-refractivity contribution is 5.75. The Labute approximate surface area is 207 Å². The summed E-state index contributed by atoms with van der Waals surface area (Å²) in [6.45, 7) is 7.52. The highest BCUT2D eigenvalue weighted by Crippen LogP contribution is 2.67. The summed E-state index contributed by atoms with van der Waals surface area (Å²) in [7, 11) is 7.25. The van der Waals surface area contributed by atoms with Crippen LogP contribution in [0, 0.1) is 40.4 Å². The zero-order valence-electron chi connectivity index (χ0n) is 22.7. The number of ether oxygens (including phenoxy) is 1. The third kappa shape index (κ3) is 4.41. The third-order valence-electron chi connectivity index (χ3n) is 10.8. The summed E-state index contributed by atoms with van der Waals surface area (Å²) in [5.41, 5.74) is 2.25. The number of hydrogen-bond acceptors (Lipinski definition) is 3. The summed E-state index contributed by atoms with van der Waals surface area (Å²) in [4.78, 5) is 27.6. The van der Waals surface area contributed by atoms with E-state index in [1.54, 1.807) is 24.6 Å². The molecule has 0 unspecified atom stereocenters. The van der Waals surface area contributed by atoms with E-state index in [0.29, 0.717) is 17.8 Å². The molecule has 4 rings (SSSR count). The molecule has 5 nitrogen and oxygen atoms in total. The Morgan fingerprint density at radius 1 is 1.03 bits per heavy atom. The molecule has 2 amide bonds. The smallest absolute Gasteiger partial charge is 0.409 e. The van der Waals surface area contributed by atoms with Crippen molar-refractivity contribution in [1.82, 2.24) is 9.80 Å². The summed E-state index contributed by atoms with van der Waals surface area (Å²) in [5, 5.41) is 0. The minimum atomic E-state index is -0.213. The van der Waals surface area contributed by atoms with E-state index in [4.69, 9.17) is 4.74 Å². The molecule has 34 heavy (non-hydrogen) atoms. The van der Waals surface area contributed by atoms with Gasteiger partial charge in [-0.2, -0.15) is 0 Å². The molecule has 0 radical (unpaired) electrons. The molecule has 0 spiro atoms. The van der Waals surface area contributed by atoms with E-state index in [2.05, 4.69) is 26.8 Å². The summed E-state index contributed by atoms with van der Waals surface area (Å²) in [6, 6.07) is 0. The highest BCUT2D eigenvalue weighted by atomic mass is 16.6. The van der Waals surface area contributed by atoms with E-state index < -0.39 is 0 Å². The number of rotatable bonds is 5. The van der Waals surface area contributed by atoms with Gasteiger partial charge in [-0.15, -0.1) is 0 Å². The summed E-state index contributed by atoms with van der Waals surface area (Å²) in [6.07, 6.45) is 13.7. The summed E-state index contributed by atoms with van der Waals surface area (Å²) < 4.78 is 5.78. The first-order chi connectivity index (χ1) is 16.0. The van der Waals surface area contributed by atoms with Crippen LogP contribution in [-0.2, 0) is 9.53 Å². The first kappa shape index (κ1) is 25.6. The molecule has 5 heteroatoms. The molecule has 0 saturated heterocycles. The lowest BCUT2D eigenvalue weighted by molar-refractivity contribution is -0.129. The second-order valence-electron chi connectivity index (χ2n) is 12.9. The zero-order valence-corrected chi connectivity index (χ0v) is 22.7. The van der Waals surface area contributed by atoms with E-state index in [1.807, 2.05) is 14.1 Å². The van der Waals surface area contributed by atoms with E-state index >= 15 is 0 Å². The number of carbonyl (C=O) groups excluding carboxylic acids is 2. The molecular weight excluding hydrogens is 424 g/mol. The maximum atomic E-state index is 12.2. The Morgan fingerprint density at radius 3 is 2.44 bits per heavy atom. The van der Waals surface area contributed by atoms with Gasteiger partial charge in [-0.05, 0) is 91.8 Å². The van der Waals surface area contributed by atoms with Crippen LogP contribution >= 0.6 is 0 Å². The molecule has 192 valence electrons. The molecule has 3 fully saturated rings. The molecule has 0 aliphatic heterocycles. The first-order valence-electron chi connectivity index (χ1n) is 13.7. The molecule has 4 aliphatic rings. The SMILES string of the molecule is C[C@H](CCC(=O)N(C)C)[C@H]1CC[C@H]2[C@@H]3CC=C4C[C@@H](OC(=O)N(C)C)CC[C@]4(C)[C@H]3CC[C@]12C. The van der Waals surface area contributed by atoms with Crippen molar-refractivity contribution < 1.29 is 14.3 Å². The predicted molar refractivity (Wildman–Crippen MR) is 136 cm³/mol. The van der Waals surface area contributed by atoms with Gasteiger partial charge in [0.05, 0.1) is 0 Å². The van der Waals surface area contributed by atoms with Gasteiger partial charge < -0.3 is 14.5 Å². The number of amides is 2. The van der Waals surface area contributed by atoms with Gasteiger partial charge in [0.25, 0.3) is 0 Å². The predicted octanol–water partition coefficient (Wildman–Crippen LogP) is 6.14. The van der Waals surface area contributed by atoms with Crippen molar-refractivity contribution in [2.45, 2.75) is 91.1 Å². The Kier molecular flexibility index (Phi) is 7.15. The highest BCUT2D eigenvalue weighted by Gasteiger charge is 2.59. The van der Waals surface area contributed by atoms with Gasteiger partial charge in [0, 0.05) is 41.0 Å². The molecule has 0 aromatic rings. The Balaban J connectivity index is 1.45. The molecule has 0 bridgehead atoms. The van der Waals surface area contributed by atoms with Gasteiger partial charge in [0.15, 0.2) is 0 Å². The summed E-state index contributed by atoms with van der Waals surface area (Å²) >= 11 is 0. The van der Waals surface area contributed by atoms with Crippen LogP contribution < -0.4 is 0 Å². The second kappa shape index (κ2) is 9.50. The number of carbonyl (C=O) groups is 2. The van der Waals surface area contributed by atoms with Crippen LogP contribution in [-0.4, -0.2) is 56.1 Å². The number of nitrogens with zero attached hydrogens (tertiary/aromatic N) is 2. The minimum absolute atomic E-state index is 0.0289. The van der Waals surface area contributed by atoms with Crippen LogP contribution in [0.2, 0.25) is 0 Å². The Bertz CT molecular complexity index is 820. The number of fused-ring (bicyclic) bond motifs is 5. The van der Waals surface area contributed by atoms with Crippen LogP contribution in [0.25, 0.3) is 0 Å². The standard InChI is InChI=1S/C29H48N2O3/c1-19(8-13-26(32)30(4)5)23-11-12-24-22-10-9-20-18-21(34-27(33)31(6)7)14-16-28(20,2)25(22)15-17-29(23,24)3/h9,19,21-25H,8,10-18H2,1-7H3/t19-,21+,22+,23-,24+,25+,28+,29-/m1/s1. The van der Waals surface area contributed by atoms with E-state index in [1.165, 1.54) is 37.0 Å². The quantitative estimate of drug-likeness (QED) is 0.452. The first-order valence-corrected chi connectivity index (χ1v) is 13.7. The van der Waals surface area contributed by atoms with Crippen LogP contribution in [0.3, 0.4) is 0 Å². The van der Waals surface area contributed by atoms with Crippen molar-refractivity contribution in [3.05, 3.63) is 11.6 Å². The summed E-state index contributed by atoms with van der Waals surface area (Å²) in [5.74, 6) is 3.98. The largest absolute Gasteiger partial charge is 0.446 e. The molecule has 0 aromatic carbocycles. The van der Waals surface area contributed by atoms with Crippen molar-refractivity contribution in [2.75, 3.05) is 28.2 Å². The minimum Gasteiger partial charge on any atom is -0.446 e. The molecule has 8 atom stereocenters. The van der Waals surface area contributed by atoms with Crippen LogP contribution in [0.15, 0.2) is 11.6 Å². The second-order valence-corrected chi connectivity index (χ2v) is 12.9. The number of hydrogen-bond donors (Lipinski definition) is 0. The van der Waals surface area contributed by atoms with Crippen molar-refractivity contribution >= 4 is 12.0 Å². The molecule has 0 aromatic heterocycles. The normalized spacial score (nSPS) is 39.7. The fourth-order valence-corrected chi connectivity index (χ4v) is 8.73. The maximum absolute atomic E-state index is 12.2. The Morgan fingerprint density at radius 2 is 1.76 bits per heavy atom. The maximum Gasteiger partial charge on any atom is 0.409 e. The van der Waals surface area contributed by atoms with Crippen LogP contribution in [0.1, 0.15) is 85.0 Å². The zero-order chi connectivity index (χ0) is 24.8. The van der Waals surface area contributed by atoms with Gasteiger partial charge in [0.2, 0.25) is 5.91 Å². The Hall–Kier alpha value is -1.52. The average Bonchev–Trinajstić information content (AvgIpc) is 3.14. The lowest BCUT2D eigenvalue weighted by Crippen LogP contribution is -2.51. The number of allylic oxidation sites excluding steroid dienone is 1. The fraction of sp³-hybridized carbons (Fsp3) is 0.862. The molecule has 0 heterocycles. The monoisotopic (exact) mass is 472 g/mol. The molecular formula is C29H48N2O3. The van der Waals surface area contributed by atoms with Gasteiger partial charge in [-0.3, -0.25) is 4.79 Å². The van der Waals surface area contributed by atoms with E-state index in [0.717, 1.165) is 49.4 Å². The van der Waals surface area contributed by atoms with Gasteiger partial charge in [0.1, 0.15) is 6.10 Å². The van der Waals surface area contributed by atoms with Gasteiger partial charge in [-0.25, -0.2) is 4.79 Å². The van der Waals surface area contributed by atoms with Crippen molar-refractivity contribution in [1.29, 1.82) is 0 Å². The van der Waals surface area contributed by atoms with Crippen molar-refractivity contribution in [2.24, 2.45) is 40.4 Å². The van der Waals surface area contributed by atoms with Crippen molar-refractivity contribution in [3.63, 3.8) is 0 Å². The molecule has 3 saturated carbocycles.